The van der Waals surface area contributed by atoms with Gasteiger partial charge in [-0.3, -0.25) is 0 Å². The van der Waals surface area contributed by atoms with Gasteiger partial charge in [0.1, 0.15) is 5.75 Å². The highest BCUT2D eigenvalue weighted by Gasteiger charge is 2.05. The van der Waals surface area contributed by atoms with Crippen LogP contribution in [0.4, 0.5) is 0 Å². The van der Waals surface area contributed by atoms with Crippen LogP contribution in [0.2, 0.25) is 0 Å². The number of hydrogen-bond donors (Lipinski definition) is 1. The van der Waals surface area contributed by atoms with E-state index >= 15 is 0 Å². The zero-order valence-corrected chi connectivity index (χ0v) is 12.2. The fraction of sp³-hybridized carbons (Fsp3) is 0.538. The van der Waals surface area contributed by atoms with Crippen LogP contribution in [0, 0.1) is 0 Å². The van der Waals surface area contributed by atoms with Gasteiger partial charge in [-0.15, -0.1) is 0 Å². The van der Waals surface area contributed by atoms with Gasteiger partial charge < -0.3 is 14.8 Å². The molecule has 4 heteroatoms. The molecule has 0 aromatic heterocycles. The van der Waals surface area contributed by atoms with Crippen LogP contribution in [-0.4, -0.2) is 26.4 Å². The maximum atomic E-state index is 5.46. The third-order valence-corrected chi connectivity index (χ3v) is 2.93. The minimum absolute atomic E-state index is 0.234. The summed E-state index contributed by atoms with van der Waals surface area (Å²) in [5, 5.41) is 3.36. The van der Waals surface area contributed by atoms with Crippen molar-refractivity contribution in [3.05, 3.63) is 28.2 Å². The summed E-state index contributed by atoms with van der Waals surface area (Å²) >= 11 is 3.46. The fourth-order valence-electron chi connectivity index (χ4n) is 1.64. The number of ether oxygens (including phenoxy) is 2. The van der Waals surface area contributed by atoms with E-state index in [-0.39, 0.29) is 6.10 Å². The average molecular weight is 302 g/mol. The molecule has 0 saturated heterocycles. The minimum Gasteiger partial charge on any atom is -0.496 e. The van der Waals surface area contributed by atoms with Gasteiger partial charge >= 0.3 is 0 Å². The van der Waals surface area contributed by atoms with Crippen molar-refractivity contribution in [2.24, 2.45) is 0 Å². The molecule has 0 aliphatic rings. The largest absolute Gasteiger partial charge is 0.496 e. The summed E-state index contributed by atoms with van der Waals surface area (Å²) in [6, 6.07) is 6.01. The summed E-state index contributed by atoms with van der Waals surface area (Å²) < 4.78 is 11.8. The third-order valence-electron chi connectivity index (χ3n) is 2.44. The van der Waals surface area contributed by atoms with Crippen molar-refractivity contribution in [2.75, 3.05) is 20.3 Å². The number of rotatable bonds is 7. The first kappa shape index (κ1) is 14.5. The highest BCUT2D eigenvalue weighted by molar-refractivity contribution is 9.10. The number of hydrogen-bond acceptors (Lipinski definition) is 3. The lowest BCUT2D eigenvalue weighted by Gasteiger charge is -2.14. The molecule has 96 valence electrons. The molecule has 0 spiro atoms. The van der Waals surface area contributed by atoms with Crippen LogP contribution in [-0.2, 0) is 11.3 Å². The molecule has 1 N–H and O–H groups in total. The maximum Gasteiger partial charge on any atom is 0.123 e. The maximum absolute atomic E-state index is 5.46. The third kappa shape index (κ3) is 5.06. The zero-order valence-electron chi connectivity index (χ0n) is 10.6. The van der Waals surface area contributed by atoms with Gasteiger partial charge in [0.05, 0.1) is 13.2 Å². The first-order chi connectivity index (χ1) is 8.17. The standard InChI is InChI=1S/C13H20BrNO2/c1-4-17-10(2)8-15-9-11-7-12(14)5-6-13(11)16-3/h5-7,10,15H,4,8-9H2,1-3H3. The average Bonchev–Trinajstić information content (AvgIpc) is 2.30. The smallest absolute Gasteiger partial charge is 0.123 e. The molecule has 0 saturated carbocycles. The Bertz CT molecular complexity index is 344. The first-order valence-corrected chi connectivity index (χ1v) is 6.61. The molecule has 0 aliphatic carbocycles. The van der Waals surface area contributed by atoms with E-state index in [1.54, 1.807) is 7.11 Å². The van der Waals surface area contributed by atoms with E-state index in [2.05, 4.69) is 34.2 Å². The van der Waals surface area contributed by atoms with Crippen LogP contribution in [0.5, 0.6) is 5.75 Å². The SMILES string of the molecule is CCOC(C)CNCc1cc(Br)ccc1OC. The molecule has 1 aromatic rings. The molecule has 0 fully saturated rings. The van der Waals surface area contributed by atoms with Crippen LogP contribution in [0.3, 0.4) is 0 Å². The molecule has 17 heavy (non-hydrogen) atoms. The van der Waals surface area contributed by atoms with Gasteiger partial charge in [0.15, 0.2) is 0 Å². The molecule has 1 atom stereocenters. The summed E-state index contributed by atoms with van der Waals surface area (Å²) in [5.74, 6) is 0.907. The molecule has 0 heterocycles. The Morgan fingerprint density at radius 1 is 1.41 bits per heavy atom. The molecule has 1 unspecified atom stereocenters. The molecule has 0 radical (unpaired) electrons. The molecule has 0 bridgehead atoms. The fourth-order valence-corrected chi connectivity index (χ4v) is 2.05. The van der Waals surface area contributed by atoms with E-state index < -0.39 is 0 Å². The number of halogens is 1. The Morgan fingerprint density at radius 3 is 2.82 bits per heavy atom. The van der Waals surface area contributed by atoms with Gasteiger partial charge in [-0.2, -0.15) is 0 Å². The highest BCUT2D eigenvalue weighted by Crippen LogP contribution is 2.22. The second-order valence-corrected chi connectivity index (χ2v) is 4.77. The van der Waals surface area contributed by atoms with Gasteiger partial charge in [0.25, 0.3) is 0 Å². The predicted molar refractivity (Wildman–Crippen MR) is 73.5 cm³/mol. The van der Waals surface area contributed by atoms with E-state index in [9.17, 15) is 0 Å². The molecular weight excluding hydrogens is 282 g/mol. The number of methoxy groups -OCH3 is 1. The summed E-state index contributed by atoms with van der Waals surface area (Å²) in [5.41, 5.74) is 1.14. The lowest BCUT2D eigenvalue weighted by molar-refractivity contribution is 0.0759. The van der Waals surface area contributed by atoms with Crippen molar-refractivity contribution in [1.82, 2.24) is 5.32 Å². The zero-order chi connectivity index (χ0) is 12.7. The Morgan fingerprint density at radius 2 is 2.18 bits per heavy atom. The Labute approximate surface area is 112 Å². The van der Waals surface area contributed by atoms with Gasteiger partial charge in [-0.25, -0.2) is 0 Å². The van der Waals surface area contributed by atoms with Crippen LogP contribution in [0.25, 0.3) is 0 Å². The monoisotopic (exact) mass is 301 g/mol. The minimum atomic E-state index is 0.234. The topological polar surface area (TPSA) is 30.5 Å². The van der Waals surface area contributed by atoms with Crippen LogP contribution >= 0.6 is 15.9 Å². The molecule has 1 rings (SSSR count). The second kappa shape index (κ2) is 7.69. The van der Waals surface area contributed by atoms with E-state index in [1.807, 2.05) is 19.1 Å². The van der Waals surface area contributed by atoms with E-state index in [1.165, 1.54) is 0 Å². The quantitative estimate of drug-likeness (QED) is 0.840. The van der Waals surface area contributed by atoms with Crippen LogP contribution in [0.1, 0.15) is 19.4 Å². The predicted octanol–water partition coefficient (Wildman–Crippen LogP) is 2.97. The van der Waals surface area contributed by atoms with Crippen molar-refractivity contribution in [2.45, 2.75) is 26.5 Å². The van der Waals surface area contributed by atoms with Gasteiger partial charge in [-0.1, -0.05) is 15.9 Å². The van der Waals surface area contributed by atoms with Crippen molar-refractivity contribution in [3.63, 3.8) is 0 Å². The lowest BCUT2D eigenvalue weighted by Crippen LogP contribution is -2.26. The normalized spacial score (nSPS) is 12.5. The number of nitrogens with one attached hydrogen (secondary N) is 1. The Hall–Kier alpha value is -0.580. The first-order valence-electron chi connectivity index (χ1n) is 5.82. The van der Waals surface area contributed by atoms with Gasteiger partial charge in [0.2, 0.25) is 0 Å². The van der Waals surface area contributed by atoms with Crippen molar-refractivity contribution >= 4 is 15.9 Å². The molecular formula is C13H20BrNO2. The van der Waals surface area contributed by atoms with E-state index in [0.29, 0.717) is 0 Å². The number of benzene rings is 1. The summed E-state index contributed by atoms with van der Waals surface area (Å²) in [6.45, 7) is 6.44. The van der Waals surface area contributed by atoms with Gasteiger partial charge in [0, 0.05) is 29.7 Å². The molecule has 3 nitrogen and oxygen atoms in total. The van der Waals surface area contributed by atoms with E-state index in [0.717, 1.165) is 35.5 Å². The lowest BCUT2D eigenvalue weighted by atomic mass is 10.2. The van der Waals surface area contributed by atoms with Crippen LogP contribution < -0.4 is 10.1 Å². The van der Waals surface area contributed by atoms with Crippen LogP contribution in [0.15, 0.2) is 22.7 Å². The van der Waals surface area contributed by atoms with E-state index in [4.69, 9.17) is 9.47 Å². The van der Waals surface area contributed by atoms with Crippen molar-refractivity contribution in [1.29, 1.82) is 0 Å². The Balaban J connectivity index is 2.48. The summed E-state index contributed by atoms with van der Waals surface area (Å²) in [4.78, 5) is 0. The Kier molecular flexibility index (Phi) is 6.55. The molecule has 0 amide bonds. The molecule has 0 aliphatic heterocycles. The summed E-state index contributed by atoms with van der Waals surface area (Å²) in [7, 11) is 1.69. The highest BCUT2D eigenvalue weighted by atomic mass is 79.9. The summed E-state index contributed by atoms with van der Waals surface area (Å²) in [6.07, 6.45) is 0.234. The van der Waals surface area contributed by atoms with Crippen molar-refractivity contribution in [3.8, 4) is 5.75 Å². The van der Waals surface area contributed by atoms with Gasteiger partial charge in [-0.05, 0) is 32.0 Å². The second-order valence-electron chi connectivity index (χ2n) is 3.85. The molecule has 1 aromatic carbocycles. The van der Waals surface area contributed by atoms with Crippen molar-refractivity contribution < 1.29 is 9.47 Å².